The van der Waals surface area contributed by atoms with Crippen molar-refractivity contribution in [2.75, 3.05) is 13.1 Å². The molecule has 1 aromatic carbocycles. The molecule has 1 fully saturated rings. The average Bonchev–Trinajstić information content (AvgIpc) is 2.25. The number of carbonyl (C=O) groups is 1. The summed E-state index contributed by atoms with van der Waals surface area (Å²) in [5.41, 5.74) is 0. The van der Waals surface area contributed by atoms with Crippen LogP contribution in [0.5, 0.6) is 5.75 Å². The maximum absolute atomic E-state index is 11.8. The van der Waals surface area contributed by atoms with Crippen molar-refractivity contribution in [2.45, 2.75) is 19.1 Å². The van der Waals surface area contributed by atoms with E-state index in [0.29, 0.717) is 18.8 Å². The van der Waals surface area contributed by atoms with Gasteiger partial charge in [0.25, 0.3) is 5.91 Å². The lowest BCUT2D eigenvalue weighted by Crippen LogP contribution is -2.56. The number of benzene rings is 1. The number of β-amino-alcohol motifs (C(OH)–C–C–N with tert-alkyl or cyclic N) is 1. The molecule has 1 aromatic rings. The van der Waals surface area contributed by atoms with E-state index in [1.54, 1.807) is 11.8 Å². The molecule has 0 bridgehead atoms. The third-order valence-electron chi connectivity index (χ3n) is 2.58. The minimum absolute atomic E-state index is 0.0749. The lowest BCUT2D eigenvalue weighted by molar-refractivity contribution is -0.148. The van der Waals surface area contributed by atoms with Gasteiger partial charge in [-0.15, -0.1) is 0 Å². The Hall–Kier alpha value is -1.55. The highest BCUT2D eigenvalue weighted by molar-refractivity contribution is 5.81. The van der Waals surface area contributed by atoms with Crippen LogP contribution in [0.3, 0.4) is 0 Å². The van der Waals surface area contributed by atoms with Crippen molar-refractivity contribution < 1.29 is 14.6 Å². The van der Waals surface area contributed by atoms with E-state index in [0.717, 1.165) is 0 Å². The molecule has 1 aliphatic heterocycles. The van der Waals surface area contributed by atoms with E-state index < -0.39 is 6.10 Å². The van der Waals surface area contributed by atoms with Crippen LogP contribution < -0.4 is 4.74 Å². The van der Waals surface area contributed by atoms with Gasteiger partial charge in [-0.25, -0.2) is 0 Å². The van der Waals surface area contributed by atoms with Crippen molar-refractivity contribution in [3.05, 3.63) is 30.3 Å². The van der Waals surface area contributed by atoms with Crippen LogP contribution in [0.25, 0.3) is 0 Å². The topological polar surface area (TPSA) is 49.8 Å². The Balaban J connectivity index is 1.88. The number of rotatable bonds is 3. The molecule has 86 valence electrons. The summed E-state index contributed by atoms with van der Waals surface area (Å²) in [6, 6.07) is 9.24. The smallest absolute Gasteiger partial charge is 0.263 e. The van der Waals surface area contributed by atoms with Gasteiger partial charge in [0.05, 0.1) is 6.10 Å². The van der Waals surface area contributed by atoms with Crippen LogP contribution in [0.2, 0.25) is 0 Å². The summed E-state index contributed by atoms with van der Waals surface area (Å²) in [7, 11) is 0. The molecule has 4 nitrogen and oxygen atoms in total. The molecule has 1 atom stereocenters. The predicted octanol–water partition coefficient (Wildman–Crippen LogP) is 0.657. The molecule has 1 N–H and O–H groups in total. The maximum Gasteiger partial charge on any atom is 0.263 e. The van der Waals surface area contributed by atoms with Gasteiger partial charge in [-0.3, -0.25) is 4.79 Å². The number of nitrogens with zero attached hydrogens (tertiary/aromatic N) is 1. The Kier molecular flexibility index (Phi) is 3.10. The first-order valence-electron chi connectivity index (χ1n) is 5.35. The van der Waals surface area contributed by atoms with Gasteiger partial charge in [0.1, 0.15) is 5.75 Å². The second kappa shape index (κ2) is 4.53. The van der Waals surface area contributed by atoms with Crippen molar-refractivity contribution in [1.82, 2.24) is 4.90 Å². The molecule has 4 heteroatoms. The largest absolute Gasteiger partial charge is 0.481 e. The number of amides is 1. The van der Waals surface area contributed by atoms with Gasteiger partial charge in [-0.2, -0.15) is 0 Å². The molecule has 0 spiro atoms. The Morgan fingerprint density at radius 1 is 1.44 bits per heavy atom. The van der Waals surface area contributed by atoms with Crippen LogP contribution in [-0.4, -0.2) is 41.2 Å². The van der Waals surface area contributed by atoms with E-state index in [4.69, 9.17) is 9.84 Å². The Morgan fingerprint density at radius 3 is 2.62 bits per heavy atom. The number of hydrogen-bond acceptors (Lipinski definition) is 3. The molecule has 0 aliphatic carbocycles. The zero-order chi connectivity index (χ0) is 11.5. The zero-order valence-corrected chi connectivity index (χ0v) is 9.17. The Morgan fingerprint density at radius 2 is 2.06 bits per heavy atom. The van der Waals surface area contributed by atoms with Crippen LogP contribution in [0.4, 0.5) is 0 Å². The second-order valence-electron chi connectivity index (χ2n) is 3.97. The lowest BCUT2D eigenvalue weighted by atomic mass is 10.1. The van der Waals surface area contributed by atoms with E-state index in [1.807, 2.05) is 30.3 Å². The Labute approximate surface area is 94.4 Å². The summed E-state index contributed by atoms with van der Waals surface area (Å²) in [4.78, 5) is 13.4. The van der Waals surface area contributed by atoms with Gasteiger partial charge in [0.15, 0.2) is 6.10 Å². The summed E-state index contributed by atoms with van der Waals surface area (Å²) >= 11 is 0. The van der Waals surface area contributed by atoms with Crippen LogP contribution >= 0.6 is 0 Å². The molecular formula is C12H15NO3. The number of para-hydroxylation sites is 1. The first-order valence-corrected chi connectivity index (χ1v) is 5.35. The van der Waals surface area contributed by atoms with Crippen LogP contribution in [0.1, 0.15) is 6.92 Å². The number of likely N-dealkylation sites (tertiary alicyclic amines) is 1. The van der Waals surface area contributed by atoms with Crippen LogP contribution in [0, 0.1) is 0 Å². The van der Waals surface area contributed by atoms with Crippen molar-refractivity contribution in [3.8, 4) is 5.75 Å². The molecule has 2 rings (SSSR count). The van der Waals surface area contributed by atoms with E-state index >= 15 is 0 Å². The van der Waals surface area contributed by atoms with E-state index in [1.165, 1.54) is 0 Å². The highest BCUT2D eigenvalue weighted by atomic mass is 16.5. The van der Waals surface area contributed by atoms with Crippen molar-refractivity contribution in [2.24, 2.45) is 0 Å². The fourth-order valence-electron chi connectivity index (χ4n) is 1.65. The third kappa shape index (κ3) is 2.33. The van der Waals surface area contributed by atoms with Crippen molar-refractivity contribution in [3.63, 3.8) is 0 Å². The van der Waals surface area contributed by atoms with Gasteiger partial charge in [-0.05, 0) is 19.1 Å². The van der Waals surface area contributed by atoms with Gasteiger partial charge in [0.2, 0.25) is 0 Å². The molecule has 1 heterocycles. The first kappa shape index (κ1) is 11.0. The standard InChI is InChI=1S/C12H15NO3/c1-9(12(15)13-7-10(14)8-13)16-11-5-3-2-4-6-11/h2-6,9-10,14H,7-8H2,1H3. The summed E-state index contributed by atoms with van der Waals surface area (Å²) in [6.07, 6.45) is -0.872. The van der Waals surface area contributed by atoms with Gasteiger partial charge < -0.3 is 14.7 Å². The third-order valence-corrected chi connectivity index (χ3v) is 2.58. The summed E-state index contributed by atoms with van der Waals surface area (Å²) in [5, 5.41) is 9.10. The molecule has 1 aliphatic rings. The monoisotopic (exact) mass is 221 g/mol. The zero-order valence-electron chi connectivity index (χ0n) is 9.17. The molecule has 1 unspecified atom stereocenters. The normalized spacial score (nSPS) is 17.8. The molecule has 0 aromatic heterocycles. The quantitative estimate of drug-likeness (QED) is 0.815. The van der Waals surface area contributed by atoms with E-state index in [-0.39, 0.29) is 12.0 Å². The number of aliphatic hydroxyl groups excluding tert-OH is 1. The highest BCUT2D eigenvalue weighted by Gasteiger charge is 2.32. The SMILES string of the molecule is CC(Oc1ccccc1)C(=O)N1CC(O)C1. The number of hydrogen-bond donors (Lipinski definition) is 1. The lowest BCUT2D eigenvalue weighted by Gasteiger charge is -2.37. The van der Waals surface area contributed by atoms with Crippen LogP contribution in [0.15, 0.2) is 30.3 Å². The number of ether oxygens (including phenoxy) is 1. The molecule has 1 saturated heterocycles. The van der Waals surface area contributed by atoms with Gasteiger partial charge in [0, 0.05) is 13.1 Å². The van der Waals surface area contributed by atoms with Gasteiger partial charge in [-0.1, -0.05) is 18.2 Å². The molecular weight excluding hydrogens is 206 g/mol. The summed E-state index contributed by atoms with van der Waals surface area (Å²) in [6.45, 7) is 2.56. The maximum atomic E-state index is 11.8. The molecule has 0 saturated carbocycles. The predicted molar refractivity (Wildman–Crippen MR) is 59.1 cm³/mol. The van der Waals surface area contributed by atoms with Crippen molar-refractivity contribution >= 4 is 5.91 Å². The average molecular weight is 221 g/mol. The minimum Gasteiger partial charge on any atom is -0.481 e. The minimum atomic E-state index is -0.505. The molecule has 1 amide bonds. The number of carbonyl (C=O) groups excluding carboxylic acids is 1. The summed E-state index contributed by atoms with van der Waals surface area (Å²) in [5.74, 6) is 0.610. The second-order valence-corrected chi connectivity index (χ2v) is 3.97. The van der Waals surface area contributed by atoms with Crippen LogP contribution in [-0.2, 0) is 4.79 Å². The fourth-order valence-corrected chi connectivity index (χ4v) is 1.65. The summed E-state index contributed by atoms with van der Waals surface area (Å²) < 4.78 is 5.50. The van der Waals surface area contributed by atoms with Crippen molar-refractivity contribution in [1.29, 1.82) is 0 Å². The molecule has 0 radical (unpaired) electrons. The fraction of sp³-hybridized carbons (Fsp3) is 0.417. The Bertz CT molecular complexity index is 360. The molecule has 16 heavy (non-hydrogen) atoms. The van der Waals surface area contributed by atoms with Gasteiger partial charge >= 0.3 is 0 Å². The highest BCUT2D eigenvalue weighted by Crippen LogP contribution is 2.14. The first-order chi connectivity index (χ1) is 7.66. The number of aliphatic hydroxyl groups is 1. The van der Waals surface area contributed by atoms with E-state index in [9.17, 15) is 4.79 Å². The van der Waals surface area contributed by atoms with E-state index in [2.05, 4.69) is 0 Å².